The highest BCUT2D eigenvalue weighted by Gasteiger charge is 2.24. The average molecular weight is 184 g/mol. The van der Waals surface area contributed by atoms with Gasteiger partial charge >= 0.3 is 0 Å². The Morgan fingerprint density at radius 2 is 1.85 bits per heavy atom. The minimum atomic E-state index is -0.0481. The van der Waals surface area contributed by atoms with Crippen LogP contribution in [0.15, 0.2) is 0 Å². The van der Waals surface area contributed by atoms with Gasteiger partial charge in [-0.1, -0.05) is 52.4 Å². The molecule has 1 N–H and O–H groups in total. The predicted molar refractivity (Wildman–Crippen MR) is 56.7 cm³/mol. The van der Waals surface area contributed by atoms with Gasteiger partial charge in [-0.15, -0.1) is 0 Å². The first-order valence-corrected chi connectivity index (χ1v) is 5.93. The lowest BCUT2D eigenvalue weighted by Crippen LogP contribution is -2.26. The maximum absolute atomic E-state index is 9.87. The second-order valence-electron chi connectivity index (χ2n) is 4.61. The van der Waals surface area contributed by atoms with Gasteiger partial charge in [-0.2, -0.15) is 0 Å². The fraction of sp³-hybridized carbons (Fsp3) is 1.00. The highest BCUT2D eigenvalue weighted by molar-refractivity contribution is 4.75. The number of aliphatic hydroxyl groups excluding tert-OH is 1. The summed E-state index contributed by atoms with van der Waals surface area (Å²) in [4.78, 5) is 0. The Hall–Kier alpha value is -0.0400. The molecule has 0 saturated heterocycles. The highest BCUT2D eigenvalue weighted by Crippen LogP contribution is 2.32. The van der Waals surface area contributed by atoms with Gasteiger partial charge in [0.05, 0.1) is 6.10 Å². The van der Waals surface area contributed by atoms with Gasteiger partial charge in [0.25, 0.3) is 0 Å². The minimum absolute atomic E-state index is 0.0481. The SMILES string of the molecule is CCCC(O)C(C)C1CCCCC1. The van der Waals surface area contributed by atoms with E-state index < -0.39 is 0 Å². The molecule has 2 unspecified atom stereocenters. The van der Waals surface area contributed by atoms with E-state index in [1.807, 2.05) is 0 Å². The van der Waals surface area contributed by atoms with E-state index in [9.17, 15) is 5.11 Å². The fourth-order valence-electron chi connectivity index (χ4n) is 2.53. The standard InChI is InChI=1S/C12H24O/c1-3-7-12(13)10(2)11-8-5-4-6-9-11/h10-13H,3-9H2,1-2H3. The van der Waals surface area contributed by atoms with Gasteiger partial charge in [-0.3, -0.25) is 0 Å². The lowest BCUT2D eigenvalue weighted by molar-refractivity contribution is 0.0617. The minimum Gasteiger partial charge on any atom is -0.393 e. The molecular formula is C12H24O. The van der Waals surface area contributed by atoms with Gasteiger partial charge in [0.1, 0.15) is 0 Å². The van der Waals surface area contributed by atoms with E-state index in [0.717, 1.165) is 18.8 Å². The number of rotatable bonds is 4. The first-order chi connectivity index (χ1) is 6.25. The lowest BCUT2D eigenvalue weighted by Gasteiger charge is -2.30. The van der Waals surface area contributed by atoms with E-state index in [1.165, 1.54) is 32.1 Å². The summed E-state index contributed by atoms with van der Waals surface area (Å²) in [6, 6.07) is 0. The molecule has 2 atom stereocenters. The van der Waals surface area contributed by atoms with Crippen LogP contribution in [-0.4, -0.2) is 11.2 Å². The van der Waals surface area contributed by atoms with E-state index in [0.29, 0.717) is 5.92 Å². The first kappa shape index (κ1) is 11.0. The van der Waals surface area contributed by atoms with Crippen LogP contribution in [0.1, 0.15) is 58.8 Å². The molecule has 1 rings (SSSR count). The van der Waals surface area contributed by atoms with Gasteiger partial charge in [0.2, 0.25) is 0 Å². The van der Waals surface area contributed by atoms with Crippen molar-refractivity contribution in [2.45, 2.75) is 64.9 Å². The molecule has 0 radical (unpaired) electrons. The van der Waals surface area contributed by atoms with E-state index in [4.69, 9.17) is 0 Å². The van der Waals surface area contributed by atoms with Gasteiger partial charge in [0.15, 0.2) is 0 Å². The summed E-state index contributed by atoms with van der Waals surface area (Å²) in [6.07, 6.45) is 8.92. The molecular weight excluding hydrogens is 160 g/mol. The second kappa shape index (κ2) is 5.64. The highest BCUT2D eigenvalue weighted by atomic mass is 16.3. The van der Waals surface area contributed by atoms with Crippen molar-refractivity contribution in [2.75, 3.05) is 0 Å². The Labute approximate surface area is 82.5 Å². The molecule has 1 fully saturated rings. The fourth-order valence-corrected chi connectivity index (χ4v) is 2.53. The Kier molecular flexibility index (Phi) is 4.79. The zero-order chi connectivity index (χ0) is 9.68. The third-order valence-electron chi connectivity index (χ3n) is 3.58. The molecule has 1 nitrogen and oxygen atoms in total. The van der Waals surface area contributed by atoms with Gasteiger partial charge < -0.3 is 5.11 Å². The van der Waals surface area contributed by atoms with Crippen molar-refractivity contribution in [3.05, 3.63) is 0 Å². The van der Waals surface area contributed by atoms with E-state index in [2.05, 4.69) is 13.8 Å². The predicted octanol–water partition coefficient (Wildman–Crippen LogP) is 3.36. The number of hydrogen-bond donors (Lipinski definition) is 1. The second-order valence-corrected chi connectivity index (χ2v) is 4.61. The zero-order valence-electron chi connectivity index (χ0n) is 9.13. The molecule has 78 valence electrons. The molecule has 0 aliphatic heterocycles. The van der Waals surface area contributed by atoms with Crippen LogP contribution in [-0.2, 0) is 0 Å². The van der Waals surface area contributed by atoms with Crippen molar-refractivity contribution in [3.8, 4) is 0 Å². The summed E-state index contributed by atoms with van der Waals surface area (Å²) in [5.41, 5.74) is 0. The quantitative estimate of drug-likeness (QED) is 0.710. The molecule has 1 heteroatoms. The maximum Gasteiger partial charge on any atom is 0.0568 e. The van der Waals surface area contributed by atoms with Gasteiger partial charge in [-0.25, -0.2) is 0 Å². The Morgan fingerprint density at radius 3 is 2.38 bits per heavy atom. The average Bonchev–Trinajstić information content (AvgIpc) is 2.18. The largest absolute Gasteiger partial charge is 0.393 e. The van der Waals surface area contributed by atoms with E-state index >= 15 is 0 Å². The van der Waals surface area contributed by atoms with E-state index in [-0.39, 0.29) is 6.10 Å². The molecule has 0 spiro atoms. The van der Waals surface area contributed by atoms with Crippen molar-refractivity contribution in [2.24, 2.45) is 11.8 Å². The van der Waals surface area contributed by atoms with Crippen LogP contribution in [0.3, 0.4) is 0 Å². The van der Waals surface area contributed by atoms with Crippen LogP contribution in [0.4, 0.5) is 0 Å². The van der Waals surface area contributed by atoms with Crippen LogP contribution < -0.4 is 0 Å². The molecule has 0 aromatic rings. The summed E-state index contributed by atoms with van der Waals surface area (Å²) in [5, 5.41) is 9.87. The van der Waals surface area contributed by atoms with Crippen molar-refractivity contribution in [3.63, 3.8) is 0 Å². The molecule has 1 aliphatic carbocycles. The van der Waals surface area contributed by atoms with Crippen LogP contribution in [0.2, 0.25) is 0 Å². The van der Waals surface area contributed by atoms with E-state index in [1.54, 1.807) is 0 Å². The maximum atomic E-state index is 9.87. The molecule has 1 saturated carbocycles. The topological polar surface area (TPSA) is 20.2 Å². The van der Waals surface area contributed by atoms with Crippen molar-refractivity contribution in [1.29, 1.82) is 0 Å². The third kappa shape index (κ3) is 3.30. The molecule has 0 amide bonds. The molecule has 0 aromatic carbocycles. The Balaban J connectivity index is 2.31. The summed E-state index contributed by atoms with van der Waals surface area (Å²) in [6.45, 7) is 4.38. The van der Waals surface area contributed by atoms with Crippen LogP contribution in [0, 0.1) is 11.8 Å². The number of hydrogen-bond acceptors (Lipinski definition) is 1. The molecule has 0 aromatic heterocycles. The number of aliphatic hydroxyl groups is 1. The van der Waals surface area contributed by atoms with Crippen LogP contribution in [0.5, 0.6) is 0 Å². The van der Waals surface area contributed by atoms with Crippen LogP contribution in [0.25, 0.3) is 0 Å². The molecule has 13 heavy (non-hydrogen) atoms. The van der Waals surface area contributed by atoms with Crippen molar-refractivity contribution < 1.29 is 5.11 Å². The molecule has 1 aliphatic rings. The third-order valence-corrected chi connectivity index (χ3v) is 3.58. The van der Waals surface area contributed by atoms with Gasteiger partial charge in [0, 0.05) is 0 Å². The summed E-state index contributed by atoms with van der Waals surface area (Å²) in [5.74, 6) is 1.33. The smallest absolute Gasteiger partial charge is 0.0568 e. The van der Waals surface area contributed by atoms with Crippen LogP contribution >= 0.6 is 0 Å². The normalized spacial score (nSPS) is 24.2. The monoisotopic (exact) mass is 184 g/mol. The lowest BCUT2D eigenvalue weighted by atomic mass is 9.78. The Morgan fingerprint density at radius 1 is 1.23 bits per heavy atom. The summed E-state index contributed by atoms with van der Waals surface area (Å²) >= 11 is 0. The summed E-state index contributed by atoms with van der Waals surface area (Å²) in [7, 11) is 0. The summed E-state index contributed by atoms with van der Waals surface area (Å²) < 4.78 is 0. The first-order valence-electron chi connectivity index (χ1n) is 5.93. The Bertz CT molecular complexity index is 127. The zero-order valence-corrected chi connectivity index (χ0v) is 9.13. The molecule has 0 bridgehead atoms. The van der Waals surface area contributed by atoms with Crippen molar-refractivity contribution >= 4 is 0 Å². The van der Waals surface area contributed by atoms with Gasteiger partial charge in [-0.05, 0) is 18.3 Å². The molecule has 0 heterocycles. The van der Waals surface area contributed by atoms with Crippen molar-refractivity contribution in [1.82, 2.24) is 0 Å².